The summed E-state index contributed by atoms with van der Waals surface area (Å²) in [5.74, 6) is 2.11. The number of carbonyl (C=O) groups is 1. The first-order valence-corrected chi connectivity index (χ1v) is 5.42. The number of carbonyl (C=O) groups excluding carboxylic acids is 1. The minimum atomic E-state index is 0.209. The molecule has 3 heteroatoms. The maximum absolute atomic E-state index is 11.9. The lowest BCUT2D eigenvalue weighted by Crippen LogP contribution is -2.35. The van der Waals surface area contributed by atoms with Gasteiger partial charge in [0.2, 0.25) is 5.91 Å². The van der Waals surface area contributed by atoms with Crippen molar-refractivity contribution in [2.75, 3.05) is 13.1 Å². The third kappa shape index (κ3) is 1.61. The first-order chi connectivity index (χ1) is 6.76. The minimum Gasteiger partial charge on any atom is -0.329 e. The van der Waals surface area contributed by atoms with E-state index < -0.39 is 0 Å². The molecule has 3 nitrogen and oxygen atoms in total. The molecule has 0 N–H and O–H groups in total. The largest absolute Gasteiger partial charge is 0.329 e. The van der Waals surface area contributed by atoms with Crippen LogP contribution in [0, 0.1) is 29.1 Å². The van der Waals surface area contributed by atoms with Crippen LogP contribution in [0.25, 0.3) is 0 Å². The van der Waals surface area contributed by atoms with Crippen LogP contribution in [0.5, 0.6) is 0 Å². The Kier molecular flexibility index (Phi) is 2.45. The van der Waals surface area contributed by atoms with Gasteiger partial charge in [-0.05, 0) is 38.0 Å². The van der Waals surface area contributed by atoms with Crippen molar-refractivity contribution >= 4 is 5.91 Å². The fourth-order valence-corrected chi connectivity index (χ4v) is 2.61. The van der Waals surface area contributed by atoms with E-state index in [2.05, 4.69) is 6.07 Å². The normalized spacial score (nSPS) is 33.3. The monoisotopic (exact) mass is 192 g/mol. The molecule has 0 saturated heterocycles. The zero-order valence-electron chi connectivity index (χ0n) is 8.57. The quantitative estimate of drug-likeness (QED) is 0.634. The third-order valence-electron chi connectivity index (χ3n) is 3.55. The Morgan fingerprint density at radius 3 is 2.57 bits per heavy atom. The van der Waals surface area contributed by atoms with E-state index in [-0.39, 0.29) is 18.4 Å². The second kappa shape index (κ2) is 3.61. The van der Waals surface area contributed by atoms with E-state index in [1.807, 2.05) is 6.92 Å². The molecular formula is C11H16N2O. The summed E-state index contributed by atoms with van der Waals surface area (Å²) in [5, 5.41) is 8.58. The van der Waals surface area contributed by atoms with Gasteiger partial charge in [0.05, 0.1) is 6.07 Å². The summed E-state index contributed by atoms with van der Waals surface area (Å²) in [6.07, 6.45) is 3.49. The molecule has 0 aromatic heterocycles. The minimum absolute atomic E-state index is 0.209. The Balaban J connectivity index is 1.90. The zero-order chi connectivity index (χ0) is 10.1. The van der Waals surface area contributed by atoms with Gasteiger partial charge in [0.25, 0.3) is 0 Å². The highest BCUT2D eigenvalue weighted by molar-refractivity contribution is 5.79. The first kappa shape index (κ1) is 9.51. The average molecular weight is 192 g/mol. The molecule has 0 aromatic rings. The molecule has 2 fully saturated rings. The fraction of sp³-hybridized carbons (Fsp3) is 0.818. The smallest absolute Gasteiger partial charge is 0.226 e. The molecule has 2 aliphatic carbocycles. The Hall–Kier alpha value is -1.04. The third-order valence-corrected chi connectivity index (χ3v) is 3.55. The molecule has 2 aliphatic rings. The lowest BCUT2D eigenvalue weighted by Gasteiger charge is -2.21. The van der Waals surface area contributed by atoms with Crippen LogP contribution in [0.1, 0.15) is 26.2 Å². The van der Waals surface area contributed by atoms with Crippen molar-refractivity contribution in [1.82, 2.24) is 4.90 Å². The number of hydrogen-bond acceptors (Lipinski definition) is 2. The Bertz CT molecular complexity index is 272. The lowest BCUT2D eigenvalue weighted by molar-refractivity contribution is -0.134. The van der Waals surface area contributed by atoms with Crippen LogP contribution in [-0.4, -0.2) is 23.9 Å². The van der Waals surface area contributed by atoms with Gasteiger partial charge in [-0.2, -0.15) is 5.26 Å². The summed E-state index contributed by atoms with van der Waals surface area (Å²) in [4.78, 5) is 13.6. The molecule has 2 unspecified atom stereocenters. The number of amides is 1. The van der Waals surface area contributed by atoms with Gasteiger partial charge in [0, 0.05) is 12.5 Å². The van der Waals surface area contributed by atoms with Gasteiger partial charge in [-0.25, -0.2) is 0 Å². The molecular weight excluding hydrogens is 176 g/mol. The molecule has 76 valence electrons. The molecule has 0 radical (unpaired) electrons. The molecule has 0 aromatic carbocycles. The number of nitriles is 1. The molecule has 0 aliphatic heterocycles. The molecule has 14 heavy (non-hydrogen) atoms. The van der Waals surface area contributed by atoms with Crippen LogP contribution in [0.3, 0.4) is 0 Å². The molecule has 2 rings (SSSR count). The van der Waals surface area contributed by atoms with Crippen molar-refractivity contribution < 1.29 is 4.79 Å². The summed E-state index contributed by atoms with van der Waals surface area (Å²) in [6.45, 7) is 2.85. The molecule has 1 amide bonds. The van der Waals surface area contributed by atoms with Crippen LogP contribution in [0.2, 0.25) is 0 Å². The number of rotatable bonds is 3. The standard InChI is InChI=1S/C11H16N2O/c1-2-13(4-3-12)11(14)10-6-8-5-9(8)7-10/h8-10H,2,4-7H2,1H3. The van der Waals surface area contributed by atoms with E-state index in [0.29, 0.717) is 6.54 Å². The van der Waals surface area contributed by atoms with Gasteiger partial charge in [-0.3, -0.25) is 4.79 Å². The van der Waals surface area contributed by atoms with Crippen LogP contribution >= 0.6 is 0 Å². The van der Waals surface area contributed by atoms with Crippen molar-refractivity contribution in [3.63, 3.8) is 0 Å². The molecule has 0 spiro atoms. The second-order valence-corrected chi connectivity index (χ2v) is 4.43. The Morgan fingerprint density at radius 2 is 2.07 bits per heavy atom. The number of fused-ring (bicyclic) bond motifs is 1. The van der Waals surface area contributed by atoms with Crippen LogP contribution < -0.4 is 0 Å². The summed E-state index contributed by atoms with van der Waals surface area (Å²) in [6, 6.07) is 2.05. The highest BCUT2D eigenvalue weighted by Gasteiger charge is 2.48. The molecule has 2 atom stereocenters. The van der Waals surface area contributed by atoms with E-state index in [1.165, 1.54) is 6.42 Å². The zero-order valence-corrected chi connectivity index (χ0v) is 8.57. The topological polar surface area (TPSA) is 44.1 Å². The van der Waals surface area contributed by atoms with Crippen molar-refractivity contribution in [2.45, 2.75) is 26.2 Å². The Morgan fingerprint density at radius 1 is 1.43 bits per heavy atom. The van der Waals surface area contributed by atoms with Crippen molar-refractivity contribution in [3.05, 3.63) is 0 Å². The van der Waals surface area contributed by atoms with Crippen molar-refractivity contribution in [2.24, 2.45) is 17.8 Å². The van der Waals surface area contributed by atoms with Gasteiger partial charge < -0.3 is 4.90 Å². The van der Waals surface area contributed by atoms with Crippen molar-refractivity contribution in [1.29, 1.82) is 5.26 Å². The van der Waals surface area contributed by atoms with E-state index in [0.717, 1.165) is 24.7 Å². The predicted octanol–water partition coefficient (Wildman–Crippen LogP) is 1.40. The Labute approximate surface area is 84.7 Å². The van der Waals surface area contributed by atoms with Crippen LogP contribution in [0.15, 0.2) is 0 Å². The maximum Gasteiger partial charge on any atom is 0.226 e. The maximum atomic E-state index is 11.9. The van der Waals surface area contributed by atoms with E-state index >= 15 is 0 Å². The predicted molar refractivity (Wildman–Crippen MR) is 52.2 cm³/mol. The summed E-state index contributed by atoms with van der Waals surface area (Å²) in [7, 11) is 0. The van der Waals surface area contributed by atoms with Gasteiger partial charge in [0.15, 0.2) is 0 Å². The fourth-order valence-electron chi connectivity index (χ4n) is 2.61. The van der Waals surface area contributed by atoms with Crippen molar-refractivity contribution in [3.8, 4) is 6.07 Å². The van der Waals surface area contributed by atoms with E-state index in [4.69, 9.17) is 5.26 Å². The summed E-state index contributed by atoms with van der Waals surface area (Å²) < 4.78 is 0. The van der Waals surface area contributed by atoms with Gasteiger partial charge in [-0.1, -0.05) is 0 Å². The van der Waals surface area contributed by atoms with Crippen LogP contribution in [-0.2, 0) is 4.79 Å². The lowest BCUT2D eigenvalue weighted by atomic mass is 10.0. The van der Waals surface area contributed by atoms with E-state index in [1.54, 1.807) is 4.90 Å². The molecule has 0 bridgehead atoms. The van der Waals surface area contributed by atoms with Gasteiger partial charge >= 0.3 is 0 Å². The molecule has 2 saturated carbocycles. The highest BCUT2D eigenvalue weighted by Crippen LogP contribution is 2.54. The average Bonchev–Trinajstić information content (AvgIpc) is 2.81. The van der Waals surface area contributed by atoms with E-state index in [9.17, 15) is 4.79 Å². The molecule has 0 heterocycles. The number of nitrogens with zero attached hydrogens (tertiary/aromatic N) is 2. The highest BCUT2D eigenvalue weighted by atomic mass is 16.2. The van der Waals surface area contributed by atoms with Crippen LogP contribution in [0.4, 0.5) is 0 Å². The SMILES string of the molecule is CCN(CC#N)C(=O)C1CC2CC2C1. The summed E-state index contributed by atoms with van der Waals surface area (Å²) in [5.41, 5.74) is 0. The number of hydrogen-bond donors (Lipinski definition) is 0. The summed E-state index contributed by atoms with van der Waals surface area (Å²) >= 11 is 0. The van der Waals surface area contributed by atoms with Gasteiger partial charge in [0.1, 0.15) is 6.54 Å². The first-order valence-electron chi connectivity index (χ1n) is 5.42. The van der Waals surface area contributed by atoms with Gasteiger partial charge in [-0.15, -0.1) is 0 Å². The second-order valence-electron chi connectivity index (χ2n) is 4.43.